The second-order valence-corrected chi connectivity index (χ2v) is 8.30. The van der Waals surface area contributed by atoms with Crippen molar-refractivity contribution in [2.24, 2.45) is 0 Å². The molecule has 1 aliphatic rings. The molecule has 0 unspecified atom stereocenters. The predicted molar refractivity (Wildman–Crippen MR) is 103 cm³/mol. The van der Waals surface area contributed by atoms with Gasteiger partial charge in [-0.25, -0.2) is 0 Å². The van der Waals surface area contributed by atoms with Crippen LogP contribution in [0.4, 0.5) is 5.69 Å². The molecule has 0 radical (unpaired) electrons. The highest BCUT2D eigenvalue weighted by Gasteiger charge is 2.36. The van der Waals surface area contributed by atoms with E-state index in [2.05, 4.69) is 0 Å². The van der Waals surface area contributed by atoms with Crippen molar-refractivity contribution < 1.29 is 9.72 Å². The van der Waals surface area contributed by atoms with E-state index in [1.165, 1.54) is 23.1 Å². The van der Waals surface area contributed by atoms with Gasteiger partial charge in [0.15, 0.2) is 0 Å². The van der Waals surface area contributed by atoms with Gasteiger partial charge in [-0.05, 0) is 47.0 Å². The molecule has 0 N–H and O–H groups in total. The zero-order valence-electron chi connectivity index (χ0n) is 13.4. The standard InChI is InChI=1S/C18H13ClN2O3S2/c19-11-3-4-12(14(10-11)21(23)24)18(22)20-7-5-15-13(6-9-26-15)17(20)16-2-1-8-25-16/h1-4,6,8-10,17H,5,7H2/t17-/m0/s1. The van der Waals surface area contributed by atoms with Crippen molar-refractivity contribution in [3.63, 3.8) is 0 Å². The number of benzene rings is 1. The number of carbonyl (C=O) groups is 1. The van der Waals surface area contributed by atoms with Crippen molar-refractivity contribution in [1.82, 2.24) is 4.90 Å². The van der Waals surface area contributed by atoms with Gasteiger partial charge < -0.3 is 4.90 Å². The number of nitrogens with zero attached hydrogens (tertiary/aromatic N) is 2. The first-order valence-electron chi connectivity index (χ1n) is 7.91. The number of nitro groups is 1. The largest absolute Gasteiger partial charge is 0.326 e. The molecule has 2 aromatic heterocycles. The minimum absolute atomic E-state index is 0.0691. The van der Waals surface area contributed by atoms with Gasteiger partial charge >= 0.3 is 0 Å². The highest BCUT2D eigenvalue weighted by molar-refractivity contribution is 7.10. The number of thiophene rings is 2. The number of halogens is 1. The molecule has 0 saturated heterocycles. The number of rotatable bonds is 3. The SMILES string of the molecule is O=C(c1ccc(Cl)cc1[N+](=O)[O-])N1CCc2sccc2[C@H]1c1cccs1. The Balaban J connectivity index is 1.80. The van der Waals surface area contributed by atoms with Crippen LogP contribution in [0.2, 0.25) is 5.02 Å². The van der Waals surface area contributed by atoms with Gasteiger partial charge in [0.25, 0.3) is 11.6 Å². The first-order chi connectivity index (χ1) is 12.6. The summed E-state index contributed by atoms with van der Waals surface area (Å²) in [5.41, 5.74) is 0.914. The lowest BCUT2D eigenvalue weighted by molar-refractivity contribution is -0.385. The summed E-state index contributed by atoms with van der Waals surface area (Å²) in [5, 5.41) is 15.7. The summed E-state index contributed by atoms with van der Waals surface area (Å²) < 4.78 is 0. The van der Waals surface area contributed by atoms with Crippen molar-refractivity contribution in [3.8, 4) is 0 Å². The molecular formula is C18H13ClN2O3S2. The molecule has 0 spiro atoms. The van der Waals surface area contributed by atoms with Crippen LogP contribution in [0.3, 0.4) is 0 Å². The van der Waals surface area contributed by atoms with Gasteiger partial charge in [0, 0.05) is 27.4 Å². The third-order valence-corrected chi connectivity index (χ3v) is 6.58. The van der Waals surface area contributed by atoms with Crippen LogP contribution in [0.1, 0.15) is 31.7 Å². The molecule has 1 aromatic carbocycles. The normalized spacial score (nSPS) is 16.3. The zero-order chi connectivity index (χ0) is 18.3. The van der Waals surface area contributed by atoms with Gasteiger partial charge in [-0.1, -0.05) is 17.7 Å². The molecule has 0 fully saturated rings. The number of hydrogen-bond donors (Lipinski definition) is 0. The van der Waals surface area contributed by atoms with Crippen molar-refractivity contribution in [2.75, 3.05) is 6.54 Å². The number of nitro benzene ring substituents is 1. The Kier molecular flexibility index (Phi) is 4.52. The van der Waals surface area contributed by atoms with Gasteiger partial charge in [0.2, 0.25) is 0 Å². The van der Waals surface area contributed by atoms with Gasteiger partial charge in [0.05, 0.1) is 11.0 Å². The van der Waals surface area contributed by atoms with Gasteiger partial charge in [-0.3, -0.25) is 14.9 Å². The maximum Gasteiger partial charge on any atom is 0.283 e. The van der Waals surface area contributed by atoms with E-state index in [9.17, 15) is 14.9 Å². The monoisotopic (exact) mass is 404 g/mol. The quantitative estimate of drug-likeness (QED) is 0.447. The fraction of sp³-hybridized carbons (Fsp3) is 0.167. The summed E-state index contributed by atoms with van der Waals surface area (Å²) in [6, 6.07) is 9.97. The second kappa shape index (κ2) is 6.83. The van der Waals surface area contributed by atoms with Crippen LogP contribution in [0, 0.1) is 10.1 Å². The number of hydrogen-bond acceptors (Lipinski definition) is 5. The molecular weight excluding hydrogens is 392 g/mol. The third-order valence-electron chi connectivity index (χ3n) is 4.43. The van der Waals surface area contributed by atoms with E-state index in [4.69, 9.17) is 11.6 Å². The minimum Gasteiger partial charge on any atom is -0.326 e. The lowest BCUT2D eigenvalue weighted by Crippen LogP contribution is -2.40. The van der Waals surface area contributed by atoms with Crippen molar-refractivity contribution >= 4 is 45.9 Å². The Morgan fingerprint density at radius 1 is 1.23 bits per heavy atom. The van der Waals surface area contributed by atoms with E-state index in [0.29, 0.717) is 6.54 Å². The molecule has 0 bridgehead atoms. The topological polar surface area (TPSA) is 63.4 Å². The molecule has 1 amide bonds. The van der Waals surface area contributed by atoms with E-state index in [1.807, 2.05) is 29.0 Å². The van der Waals surface area contributed by atoms with E-state index in [-0.39, 0.29) is 28.2 Å². The number of amides is 1. The van der Waals surface area contributed by atoms with Crippen LogP contribution in [0.25, 0.3) is 0 Å². The predicted octanol–water partition coefficient (Wildman–Crippen LogP) is 5.16. The molecule has 3 heterocycles. The first kappa shape index (κ1) is 17.2. The van der Waals surface area contributed by atoms with Crippen LogP contribution in [0.15, 0.2) is 47.2 Å². The smallest absolute Gasteiger partial charge is 0.283 e. The second-order valence-electron chi connectivity index (χ2n) is 5.88. The van der Waals surface area contributed by atoms with Gasteiger partial charge in [0.1, 0.15) is 5.56 Å². The van der Waals surface area contributed by atoms with E-state index in [0.717, 1.165) is 16.9 Å². The molecule has 1 aliphatic heterocycles. The molecule has 0 aliphatic carbocycles. The average Bonchev–Trinajstić information content (AvgIpc) is 3.31. The molecule has 0 saturated carbocycles. The van der Waals surface area contributed by atoms with Crippen LogP contribution < -0.4 is 0 Å². The average molecular weight is 405 g/mol. The Bertz CT molecular complexity index is 984. The highest BCUT2D eigenvalue weighted by Crippen LogP contribution is 2.40. The lowest BCUT2D eigenvalue weighted by Gasteiger charge is -2.35. The van der Waals surface area contributed by atoms with Gasteiger partial charge in [-0.15, -0.1) is 22.7 Å². The van der Waals surface area contributed by atoms with Crippen molar-refractivity contribution in [1.29, 1.82) is 0 Å². The molecule has 132 valence electrons. The molecule has 26 heavy (non-hydrogen) atoms. The third kappa shape index (κ3) is 2.92. The van der Waals surface area contributed by atoms with Crippen LogP contribution >= 0.6 is 34.3 Å². The Morgan fingerprint density at radius 2 is 2.08 bits per heavy atom. The summed E-state index contributed by atoms with van der Waals surface area (Å²) in [6.07, 6.45) is 0.752. The Labute approximate surface area is 162 Å². The first-order valence-corrected chi connectivity index (χ1v) is 10.0. The van der Waals surface area contributed by atoms with Crippen molar-refractivity contribution in [2.45, 2.75) is 12.5 Å². The fourth-order valence-electron chi connectivity index (χ4n) is 3.28. The van der Waals surface area contributed by atoms with E-state index >= 15 is 0 Å². The Hall–Kier alpha value is -2.22. The maximum absolute atomic E-state index is 13.3. The maximum atomic E-state index is 13.3. The highest BCUT2D eigenvalue weighted by atomic mass is 35.5. The molecule has 5 nitrogen and oxygen atoms in total. The van der Waals surface area contributed by atoms with Crippen LogP contribution in [0.5, 0.6) is 0 Å². The summed E-state index contributed by atoms with van der Waals surface area (Å²) in [5.74, 6) is -0.344. The zero-order valence-corrected chi connectivity index (χ0v) is 15.8. The number of carbonyl (C=O) groups excluding carboxylic acids is 1. The van der Waals surface area contributed by atoms with E-state index in [1.54, 1.807) is 27.6 Å². The Morgan fingerprint density at radius 3 is 2.81 bits per heavy atom. The number of fused-ring (bicyclic) bond motifs is 1. The summed E-state index contributed by atoms with van der Waals surface area (Å²) in [6.45, 7) is 0.523. The van der Waals surface area contributed by atoms with E-state index < -0.39 is 4.92 Å². The molecule has 1 atom stereocenters. The molecule has 3 aromatic rings. The molecule has 8 heteroatoms. The van der Waals surface area contributed by atoms with Crippen molar-refractivity contribution in [3.05, 3.63) is 83.2 Å². The lowest BCUT2D eigenvalue weighted by atomic mass is 9.97. The fourth-order valence-corrected chi connectivity index (χ4v) is 5.20. The summed E-state index contributed by atoms with van der Waals surface area (Å²) in [7, 11) is 0. The molecule has 4 rings (SSSR count). The van der Waals surface area contributed by atoms with Crippen LogP contribution in [-0.2, 0) is 6.42 Å². The minimum atomic E-state index is -0.556. The summed E-state index contributed by atoms with van der Waals surface area (Å²) >= 11 is 9.16. The summed E-state index contributed by atoms with van der Waals surface area (Å²) in [4.78, 5) is 28.2. The van der Waals surface area contributed by atoms with Crippen LogP contribution in [-0.4, -0.2) is 22.3 Å². The van der Waals surface area contributed by atoms with Gasteiger partial charge in [-0.2, -0.15) is 0 Å².